The second kappa shape index (κ2) is 5.87. The van der Waals surface area contributed by atoms with Crippen molar-refractivity contribution in [2.45, 2.75) is 25.9 Å². The highest BCUT2D eigenvalue weighted by Gasteiger charge is 2.25. The maximum absolute atomic E-state index is 13.9. The molecule has 1 atom stereocenters. The Morgan fingerprint density at radius 1 is 1.35 bits per heavy atom. The van der Waals surface area contributed by atoms with Crippen LogP contribution in [0.5, 0.6) is 0 Å². The van der Waals surface area contributed by atoms with Crippen LogP contribution >= 0.6 is 11.6 Å². The van der Waals surface area contributed by atoms with Gasteiger partial charge in [0.15, 0.2) is 0 Å². The number of rotatable bonds is 4. The van der Waals surface area contributed by atoms with Crippen molar-refractivity contribution in [3.05, 3.63) is 52.3 Å². The van der Waals surface area contributed by atoms with Crippen LogP contribution in [-0.4, -0.2) is 9.78 Å². The van der Waals surface area contributed by atoms with Crippen LogP contribution in [0.3, 0.4) is 0 Å². The molecule has 2 rings (SSSR count). The molecule has 0 saturated heterocycles. The second-order valence-electron chi connectivity index (χ2n) is 4.68. The lowest BCUT2D eigenvalue weighted by atomic mass is 10.0. The standard InChI is InChI=1S/C13H15ClF2N4/c1-7(2)20-13(10(14)6-18-20)12(19-17)9-5-8(15)3-4-11(9)16/h3-7,12,19H,17H2,1-2H3. The van der Waals surface area contributed by atoms with E-state index in [0.29, 0.717) is 10.7 Å². The van der Waals surface area contributed by atoms with Crippen molar-refractivity contribution in [1.29, 1.82) is 0 Å². The van der Waals surface area contributed by atoms with Gasteiger partial charge in [0.2, 0.25) is 0 Å². The Morgan fingerprint density at radius 2 is 2.05 bits per heavy atom. The molecule has 0 bridgehead atoms. The van der Waals surface area contributed by atoms with E-state index >= 15 is 0 Å². The topological polar surface area (TPSA) is 55.9 Å². The van der Waals surface area contributed by atoms with E-state index in [1.165, 1.54) is 6.20 Å². The zero-order valence-electron chi connectivity index (χ0n) is 11.1. The van der Waals surface area contributed by atoms with Gasteiger partial charge >= 0.3 is 0 Å². The van der Waals surface area contributed by atoms with E-state index in [-0.39, 0.29) is 11.6 Å². The monoisotopic (exact) mass is 300 g/mol. The highest BCUT2D eigenvalue weighted by Crippen LogP contribution is 2.31. The quantitative estimate of drug-likeness (QED) is 0.674. The molecule has 2 aromatic rings. The highest BCUT2D eigenvalue weighted by molar-refractivity contribution is 6.31. The van der Waals surface area contributed by atoms with Crippen LogP contribution < -0.4 is 11.3 Å². The number of hydrogen-bond acceptors (Lipinski definition) is 3. The lowest BCUT2D eigenvalue weighted by Crippen LogP contribution is -2.32. The molecule has 1 aromatic carbocycles. The summed E-state index contributed by atoms with van der Waals surface area (Å²) in [5.74, 6) is 4.40. The van der Waals surface area contributed by atoms with E-state index in [9.17, 15) is 8.78 Å². The van der Waals surface area contributed by atoms with Gasteiger partial charge < -0.3 is 0 Å². The van der Waals surface area contributed by atoms with Crippen LogP contribution in [0.2, 0.25) is 5.02 Å². The van der Waals surface area contributed by atoms with Crippen LogP contribution in [0.15, 0.2) is 24.4 Å². The second-order valence-corrected chi connectivity index (χ2v) is 5.09. The van der Waals surface area contributed by atoms with Crippen LogP contribution in [0.25, 0.3) is 0 Å². The summed E-state index contributed by atoms with van der Waals surface area (Å²) in [6.45, 7) is 3.81. The lowest BCUT2D eigenvalue weighted by Gasteiger charge is -2.21. The molecule has 3 N–H and O–H groups in total. The number of halogens is 3. The van der Waals surface area contributed by atoms with Crippen LogP contribution in [0, 0.1) is 11.6 Å². The summed E-state index contributed by atoms with van der Waals surface area (Å²) in [7, 11) is 0. The SMILES string of the molecule is CC(C)n1ncc(Cl)c1C(NN)c1cc(F)ccc1F. The van der Waals surface area contributed by atoms with Crippen molar-refractivity contribution >= 4 is 11.6 Å². The molecule has 0 aliphatic rings. The summed E-state index contributed by atoms with van der Waals surface area (Å²) < 4.78 is 28.9. The predicted octanol–water partition coefficient (Wildman–Crippen LogP) is 2.95. The third kappa shape index (κ3) is 2.67. The molecule has 0 aliphatic heterocycles. The van der Waals surface area contributed by atoms with Crippen molar-refractivity contribution in [2.75, 3.05) is 0 Å². The van der Waals surface area contributed by atoms with E-state index in [4.69, 9.17) is 17.4 Å². The van der Waals surface area contributed by atoms with E-state index < -0.39 is 17.7 Å². The third-order valence-electron chi connectivity index (χ3n) is 2.99. The number of hydrazine groups is 1. The summed E-state index contributed by atoms with van der Waals surface area (Å²) in [4.78, 5) is 0. The Hall–Kier alpha value is -1.50. The average molecular weight is 301 g/mol. The van der Waals surface area contributed by atoms with Gasteiger partial charge in [0.25, 0.3) is 0 Å². The molecule has 0 saturated carbocycles. The van der Waals surface area contributed by atoms with Gasteiger partial charge in [-0.05, 0) is 32.0 Å². The van der Waals surface area contributed by atoms with E-state index in [1.807, 2.05) is 13.8 Å². The molecule has 0 spiro atoms. The summed E-state index contributed by atoms with van der Waals surface area (Å²) >= 11 is 6.11. The first kappa shape index (κ1) is 14.9. The van der Waals surface area contributed by atoms with Crippen LogP contribution in [0.4, 0.5) is 8.78 Å². The third-order valence-corrected chi connectivity index (χ3v) is 3.28. The van der Waals surface area contributed by atoms with Gasteiger partial charge in [-0.15, -0.1) is 0 Å². The number of aromatic nitrogens is 2. The van der Waals surface area contributed by atoms with Gasteiger partial charge in [0, 0.05) is 11.6 Å². The number of nitrogens with one attached hydrogen (secondary N) is 1. The molecule has 4 nitrogen and oxygen atoms in total. The zero-order valence-corrected chi connectivity index (χ0v) is 11.8. The minimum absolute atomic E-state index is 0.00460. The molecular weight excluding hydrogens is 286 g/mol. The zero-order chi connectivity index (χ0) is 14.9. The van der Waals surface area contributed by atoms with Crippen molar-refractivity contribution in [2.24, 2.45) is 5.84 Å². The summed E-state index contributed by atoms with van der Waals surface area (Å²) in [6, 6.07) is 2.41. The Labute approximate surface area is 120 Å². The first-order chi connectivity index (χ1) is 9.45. The molecule has 0 fully saturated rings. The average Bonchev–Trinajstić information content (AvgIpc) is 2.77. The molecule has 7 heteroatoms. The van der Waals surface area contributed by atoms with Gasteiger partial charge in [-0.3, -0.25) is 10.5 Å². The van der Waals surface area contributed by atoms with Crippen LogP contribution in [0.1, 0.15) is 37.2 Å². The molecule has 0 aliphatic carbocycles. The molecule has 20 heavy (non-hydrogen) atoms. The largest absolute Gasteiger partial charge is 0.271 e. The fourth-order valence-corrected chi connectivity index (χ4v) is 2.32. The summed E-state index contributed by atoms with van der Waals surface area (Å²) in [5, 5.41) is 4.47. The minimum atomic E-state index is -0.789. The van der Waals surface area contributed by atoms with Gasteiger partial charge in [-0.1, -0.05) is 11.6 Å². The van der Waals surface area contributed by atoms with Crippen molar-refractivity contribution < 1.29 is 8.78 Å². The number of nitrogens with two attached hydrogens (primary N) is 1. The minimum Gasteiger partial charge on any atom is -0.271 e. The first-order valence-corrected chi connectivity index (χ1v) is 6.47. The maximum atomic E-state index is 13.9. The number of hydrogen-bond donors (Lipinski definition) is 2. The molecule has 1 aromatic heterocycles. The van der Waals surface area contributed by atoms with E-state index in [0.717, 1.165) is 18.2 Å². The van der Waals surface area contributed by atoms with Crippen LogP contribution in [-0.2, 0) is 0 Å². The van der Waals surface area contributed by atoms with Gasteiger partial charge in [0.1, 0.15) is 11.6 Å². The molecule has 0 amide bonds. The van der Waals surface area contributed by atoms with Gasteiger partial charge in [-0.25, -0.2) is 14.2 Å². The fourth-order valence-electron chi connectivity index (χ4n) is 2.08. The van der Waals surface area contributed by atoms with Gasteiger partial charge in [0.05, 0.1) is 23.0 Å². The Bertz CT molecular complexity index is 612. The first-order valence-electron chi connectivity index (χ1n) is 6.09. The maximum Gasteiger partial charge on any atom is 0.128 e. The molecular formula is C13H15ClF2N4. The lowest BCUT2D eigenvalue weighted by molar-refractivity contribution is 0.465. The van der Waals surface area contributed by atoms with Gasteiger partial charge in [-0.2, -0.15) is 5.10 Å². The number of benzene rings is 1. The fraction of sp³-hybridized carbons (Fsp3) is 0.308. The van der Waals surface area contributed by atoms with E-state index in [2.05, 4.69) is 10.5 Å². The molecule has 1 heterocycles. The Morgan fingerprint density at radius 3 is 2.65 bits per heavy atom. The predicted molar refractivity (Wildman–Crippen MR) is 73.1 cm³/mol. The smallest absolute Gasteiger partial charge is 0.128 e. The molecule has 108 valence electrons. The molecule has 1 unspecified atom stereocenters. The van der Waals surface area contributed by atoms with Crippen molar-refractivity contribution in [3.63, 3.8) is 0 Å². The van der Waals surface area contributed by atoms with E-state index in [1.54, 1.807) is 4.68 Å². The Kier molecular flexibility index (Phi) is 4.37. The normalized spacial score (nSPS) is 12.9. The number of nitrogens with zero attached hydrogens (tertiary/aromatic N) is 2. The summed E-state index contributed by atoms with van der Waals surface area (Å²) in [5.41, 5.74) is 3.05. The highest BCUT2D eigenvalue weighted by atomic mass is 35.5. The molecule has 0 radical (unpaired) electrons. The Balaban J connectivity index is 2.58. The van der Waals surface area contributed by atoms with Crippen molar-refractivity contribution in [3.8, 4) is 0 Å². The summed E-state index contributed by atoms with van der Waals surface area (Å²) in [6.07, 6.45) is 1.46. The van der Waals surface area contributed by atoms with Crippen molar-refractivity contribution in [1.82, 2.24) is 15.2 Å².